The summed E-state index contributed by atoms with van der Waals surface area (Å²) in [6.45, 7) is 12.2. The molecule has 2 saturated heterocycles. The van der Waals surface area contributed by atoms with E-state index in [-0.39, 0.29) is 38.9 Å². The quantitative estimate of drug-likeness (QED) is 0.141. The van der Waals surface area contributed by atoms with Crippen LogP contribution >= 0.6 is 0 Å². The molecule has 0 aliphatic carbocycles. The molecule has 5 rings (SSSR count). The number of hydrogen-bond acceptors (Lipinski definition) is 6. The second kappa shape index (κ2) is 19.5. The van der Waals surface area contributed by atoms with Crippen LogP contribution in [0.1, 0.15) is 76.8 Å². The fourth-order valence-corrected chi connectivity index (χ4v) is 7.73. The lowest BCUT2D eigenvalue weighted by atomic mass is 9.71. The molecule has 0 radical (unpaired) electrons. The Balaban J connectivity index is 0.000000286. The van der Waals surface area contributed by atoms with Gasteiger partial charge in [0.05, 0.1) is 31.7 Å². The molecular weight excluding hydrogens is 686 g/mol. The second-order valence-corrected chi connectivity index (χ2v) is 14.4. The van der Waals surface area contributed by atoms with Gasteiger partial charge in [0, 0.05) is 26.1 Å². The van der Waals surface area contributed by atoms with Crippen LogP contribution in [-0.2, 0) is 11.2 Å². The first-order valence-electron chi connectivity index (χ1n) is 18.5. The predicted molar refractivity (Wildman–Crippen MR) is 207 cm³/mol. The van der Waals surface area contributed by atoms with Crippen LogP contribution in [-0.4, -0.2) is 93.8 Å². The standard InChI is InChI=1S/C27H33NO2.C14H24F4N2.CH2O2/c1-5-8-20-9-6-11-23-22(20)10-7-12-24(23)27-25(29-3)17-21(18-26(27)30-4)19-13-15-28(2)16-14-19;1-5-19-11(2)14(13(4,17)18)6-8-20(9-7-14)10-12(3,15)16;2-1-3/h6-7,9-12,17-19H,5,8,13-16H2,1-4H3;19H,2,5-10H2,1,3-4H3;1H,(H,2,3). The first kappa shape index (κ1) is 43.6. The highest BCUT2D eigenvalue weighted by atomic mass is 19.3. The molecule has 3 aromatic rings. The molecule has 0 saturated carbocycles. The van der Waals surface area contributed by atoms with E-state index in [0.717, 1.165) is 56.8 Å². The zero-order chi connectivity index (χ0) is 39.4. The Morgan fingerprint density at radius 2 is 1.51 bits per heavy atom. The molecule has 0 unspecified atom stereocenters. The van der Waals surface area contributed by atoms with Gasteiger partial charge in [-0.1, -0.05) is 56.3 Å². The fourth-order valence-electron chi connectivity index (χ4n) is 7.73. The number of rotatable bonds is 12. The summed E-state index contributed by atoms with van der Waals surface area (Å²) in [4.78, 5) is 12.3. The van der Waals surface area contributed by atoms with E-state index >= 15 is 0 Å². The molecule has 2 aliphatic heterocycles. The predicted octanol–water partition coefficient (Wildman–Crippen LogP) is 9.49. The number of allylic oxidation sites excluding steroid dienone is 1. The number of carbonyl (C=O) groups is 1. The van der Waals surface area contributed by atoms with Crippen molar-refractivity contribution < 1.29 is 36.9 Å². The highest BCUT2D eigenvalue weighted by molar-refractivity contribution is 6.01. The monoisotopic (exact) mass is 745 g/mol. The summed E-state index contributed by atoms with van der Waals surface area (Å²) in [6.07, 6.45) is 4.86. The largest absolute Gasteiger partial charge is 0.496 e. The molecular formula is C42H59F4N3O4. The van der Waals surface area contributed by atoms with E-state index in [1.54, 1.807) is 19.1 Å². The van der Waals surface area contributed by atoms with Gasteiger partial charge in [0.2, 0.25) is 0 Å². The Kier molecular flexibility index (Phi) is 16.0. The molecule has 0 amide bonds. The van der Waals surface area contributed by atoms with Gasteiger partial charge in [-0.05, 0) is 118 Å². The van der Waals surface area contributed by atoms with Crippen LogP contribution in [0.5, 0.6) is 11.5 Å². The number of halogens is 4. The van der Waals surface area contributed by atoms with E-state index < -0.39 is 17.3 Å². The van der Waals surface area contributed by atoms with E-state index in [0.29, 0.717) is 18.2 Å². The van der Waals surface area contributed by atoms with Crippen molar-refractivity contribution in [3.63, 3.8) is 0 Å². The van der Waals surface area contributed by atoms with E-state index in [9.17, 15) is 17.6 Å². The second-order valence-electron chi connectivity index (χ2n) is 14.4. The number of nitrogens with one attached hydrogen (secondary N) is 1. The van der Waals surface area contributed by atoms with Crippen molar-refractivity contribution in [2.75, 3.05) is 60.5 Å². The lowest BCUT2D eigenvalue weighted by molar-refractivity contribution is -0.123. The molecule has 2 heterocycles. The van der Waals surface area contributed by atoms with Crippen molar-refractivity contribution in [2.24, 2.45) is 5.41 Å². The smallest absolute Gasteiger partial charge is 0.290 e. The number of ether oxygens (including phenoxy) is 2. The summed E-state index contributed by atoms with van der Waals surface area (Å²) in [5.41, 5.74) is 3.92. The van der Waals surface area contributed by atoms with Gasteiger partial charge >= 0.3 is 0 Å². The zero-order valence-corrected chi connectivity index (χ0v) is 32.5. The Morgan fingerprint density at radius 1 is 0.962 bits per heavy atom. The van der Waals surface area contributed by atoms with Gasteiger partial charge in [0.25, 0.3) is 18.3 Å². The number of likely N-dealkylation sites (tertiary alicyclic amines) is 2. The summed E-state index contributed by atoms with van der Waals surface area (Å²) in [5, 5.41) is 12.3. The van der Waals surface area contributed by atoms with Crippen molar-refractivity contribution in [3.8, 4) is 22.6 Å². The van der Waals surface area contributed by atoms with Crippen molar-refractivity contribution in [1.82, 2.24) is 15.1 Å². The summed E-state index contributed by atoms with van der Waals surface area (Å²) >= 11 is 0. The number of methoxy groups -OCH3 is 2. The maximum absolute atomic E-state index is 14.0. The van der Waals surface area contributed by atoms with E-state index in [4.69, 9.17) is 19.4 Å². The lowest BCUT2D eigenvalue weighted by Gasteiger charge is -2.46. The molecule has 2 aliphatic rings. The molecule has 0 aromatic heterocycles. The molecule has 2 N–H and O–H groups in total. The number of benzene rings is 3. The first-order chi connectivity index (χ1) is 25.1. The Morgan fingerprint density at radius 3 is 2.00 bits per heavy atom. The normalized spacial score (nSPS) is 16.8. The van der Waals surface area contributed by atoms with Crippen LogP contribution in [0.15, 0.2) is 60.8 Å². The molecule has 2 fully saturated rings. The Bertz CT molecular complexity index is 1600. The molecule has 53 heavy (non-hydrogen) atoms. The van der Waals surface area contributed by atoms with Crippen LogP contribution in [0.3, 0.4) is 0 Å². The number of carboxylic acid groups (broad SMARTS) is 1. The minimum absolute atomic E-state index is 0.137. The fraction of sp³-hybridized carbons (Fsp3) is 0.548. The van der Waals surface area contributed by atoms with Gasteiger partial charge < -0.3 is 24.8 Å². The number of aryl methyl sites for hydroxylation is 1. The van der Waals surface area contributed by atoms with Crippen LogP contribution in [0.4, 0.5) is 17.6 Å². The number of fused-ring (bicyclic) bond motifs is 1. The number of alkyl halides is 4. The van der Waals surface area contributed by atoms with E-state index in [2.05, 4.69) is 79.3 Å². The summed E-state index contributed by atoms with van der Waals surface area (Å²) < 4.78 is 65.9. The third kappa shape index (κ3) is 11.1. The van der Waals surface area contributed by atoms with E-state index in [1.165, 1.54) is 40.3 Å². The molecule has 294 valence electrons. The summed E-state index contributed by atoms with van der Waals surface area (Å²) in [5.74, 6) is -3.37. The highest BCUT2D eigenvalue weighted by Crippen LogP contribution is 2.49. The highest BCUT2D eigenvalue weighted by Gasteiger charge is 2.53. The van der Waals surface area contributed by atoms with Gasteiger partial charge in [-0.15, -0.1) is 0 Å². The Hall–Kier alpha value is -3.83. The van der Waals surface area contributed by atoms with Crippen molar-refractivity contribution in [2.45, 2.75) is 84.0 Å². The van der Waals surface area contributed by atoms with Gasteiger partial charge in [-0.3, -0.25) is 9.69 Å². The number of nitrogens with zero attached hydrogens (tertiary/aromatic N) is 2. The minimum atomic E-state index is -2.92. The summed E-state index contributed by atoms with van der Waals surface area (Å²) in [7, 11) is 5.74. The van der Waals surface area contributed by atoms with Crippen LogP contribution in [0.25, 0.3) is 21.9 Å². The Labute approximate surface area is 313 Å². The van der Waals surface area contributed by atoms with Crippen molar-refractivity contribution >= 4 is 17.2 Å². The third-order valence-corrected chi connectivity index (χ3v) is 10.5. The molecule has 11 heteroatoms. The van der Waals surface area contributed by atoms with Gasteiger partial charge in [0.15, 0.2) is 0 Å². The summed E-state index contributed by atoms with van der Waals surface area (Å²) in [6, 6.07) is 17.7. The molecule has 3 aromatic carbocycles. The van der Waals surface area contributed by atoms with Crippen LogP contribution in [0.2, 0.25) is 0 Å². The van der Waals surface area contributed by atoms with Gasteiger partial charge in [-0.2, -0.15) is 0 Å². The maximum atomic E-state index is 14.0. The van der Waals surface area contributed by atoms with Gasteiger partial charge in [0.1, 0.15) is 11.5 Å². The van der Waals surface area contributed by atoms with Gasteiger partial charge in [-0.25, -0.2) is 17.6 Å². The van der Waals surface area contributed by atoms with Crippen molar-refractivity contribution in [3.05, 3.63) is 71.9 Å². The number of piperidine rings is 2. The molecule has 0 bridgehead atoms. The average Bonchev–Trinajstić information content (AvgIpc) is 3.11. The topological polar surface area (TPSA) is 74.3 Å². The van der Waals surface area contributed by atoms with Crippen LogP contribution in [0, 0.1) is 5.41 Å². The van der Waals surface area contributed by atoms with Crippen molar-refractivity contribution in [1.29, 1.82) is 0 Å². The minimum Gasteiger partial charge on any atom is -0.496 e. The maximum Gasteiger partial charge on any atom is 0.290 e. The first-order valence-corrected chi connectivity index (χ1v) is 18.5. The number of hydrogen-bond donors (Lipinski definition) is 2. The van der Waals surface area contributed by atoms with E-state index in [1.807, 2.05) is 6.92 Å². The molecule has 0 atom stereocenters. The molecule has 0 spiro atoms. The zero-order valence-electron chi connectivity index (χ0n) is 32.5. The lowest BCUT2D eigenvalue weighted by Crippen LogP contribution is -2.53. The third-order valence-electron chi connectivity index (χ3n) is 10.5. The molecule has 7 nitrogen and oxygen atoms in total. The van der Waals surface area contributed by atoms with Crippen LogP contribution < -0.4 is 14.8 Å². The average molecular weight is 746 g/mol. The SMILES string of the molecule is C=C(NCC)C1(C(C)(F)F)CCN(CC(C)(F)F)CC1.CCCc1cccc2c(-c3c(OC)cc(C4CCN(C)CC4)cc3OC)cccc12.O=CO.